The van der Waals surface area contributed by atoms with Crippen LogP contribution in [-0.2, 0) is 43.0 Å². The number of ether oxygens (including phenoxy) is 3. The summed E-state index contributed by atoms with van der Waals surface area (Å²) in [4.78, 5) is 86.9. The van der Waals surface area contributed by atoms with Gasteiger partial charge in [0.2, 0.25) is 9.70 Å². The van der Waals surface area contributed by atoms with Crippen molar-refractivity contribution in [3.8, 4) is 0 Å². The Bertz CT molecular complexity index is 1180. The number of thioether (sulfide) groups is 1. The number of carbonyl (C=O) groups excluding carboxylic acids is 5. The van der Waals surface area contributed by atoms with E-state index < -0.39 is 81.1 Å². The zero-order valence-corrected chi connectivity index (χ0v) is 26.2. The Hall–Kier alpha value is -2.79. The van der Waals surface area contributed by atoms with E-state index in [0.717, 1.165) is 23.8 Å². The van der Waals surface area contributed by atoms with Gasteiger partial charge in [0.25, 0.3) is 11.6 Å². The number of methoxy groups -OCH3 is 1. The van der Waals surface area contributed by atoms with Crippen LogP contribution in [0, 0.1) is 5.92 Å². The summed E-state index contributed by atoms with van der Waals surface area (Å²) in [6.07, 6.45) is -2.03. The number of β-lactam (4-membered cyclic amide) rings is 1. The Morgan fingerprint density at radius 2 is 1.81 bits per heavy atom. The number of nitrogens with one attached hydrogen (secondary N) is 2. The molecule has 3 amide bonds. The normalized spacial score (nSPS) is 22.6. The summed E-state index contributed by atoms with van der Waals surface area (Å²) in [5.41, 5.74) is -1.82. The Morgan fingerprint density at radius 3 is 2.33 bits per heavy atom. The average molecular weight is 691 g/mol. The molecule has 19 heteroatoms. The highest BCUT2D eigenvalue weighted by molar-refractivity contribution is 8.03. The number of amides is 3. The third-order valence-corrected chi connectivity index (χ3v) is 7.95. The molecule has 2 rings (SSSR count). The molecule has 0 aliphatic carbocycles. The largest absolute Gasteiger partial charge is 0.480 e. The maximum Gasteiger partial charge on any atom is 0.407 e. The molecule has 5 atom stereocenters. The lowest BCUT2D eigenvalue weighted by molar-refractivity contribution is -0.201. The van der Waals surface area contributed by atoms with Gasteiger partial charge in [0.15, 0.2) is 6.04 Å². The molecule has 1 fully saturated rings. The highest BCUT2D eigenvalue weighted by atomic mass is 35.6. The van der Waals surface area contributed by atoms with Gasteiger partial charge in [0.1, 0.15) is 29.7 Å². The smallest absolute Gasteiger partial charge is 0.407 e. The molecule has 2 aliphatic heterocycles. The number of nitrogens with zero attached hydrogens (tertiary/aromatic N) is 1. The molecule has 15 nitrogen and oxygen atoms in total. The fourth-order valence-electron chi connectivity index (χ4n) is 4.33. The van der Waals surface area contributed by atoms with Gasteiger partial charge in [0, 0.05) is 13.5 Å². The summed E-state index contributed by atoms with van der Waals surface area (Å²) in [5.74, 6) is -7.07. The number of alkyl carbamates (subject to hydrolysis) is 1. The molecule has 0 aromatic rings. The van der Waals surface area contributed by atoms with Crippen LogP contribution in [-0.4, -0.2) is 104 Å². The highest BCUT2D eigenvalue weighted by Gasteiger charge is 2.67. The van der Waals surface area contributed by atoms with E-state index in [0.29, 0.717) is 0 Å². The molecule has 0 spiro atoms. The van der Waals surface area contributed by atoms with Gasteiger partial charge in [-0.2, -0.15) is 0 Å². The molecule has 2 aliphatic rings. The first-order valence-corrected chi connectivity index (χ1v) is 14.7. The van der Waals surface area contributed by atoms with Crippen LogP contribution in [0.15, 0.2) is 11.0 Å². The Morgan fingerprint density at radius 1 is 1.16 bits per heavy atom. The lowest BCUT2D eigenvalue weighted by atomic mass is 9.88. The van der Waals surface area contributed by atoms with Crippen molar-refractivity contribution in [2.24, 2.45) is 5.92 Å². The number of rotatable bonds is 15. The van der Waals surface area contributed by atoms with Crippen molar-refractivity contribution in [2.45, 2.75) is 66.5 Å². The second-order valence-corrected chi connectivity index (χ2v) is 12.8. The van der Waals surface area contributed by atoms with E-state index in [1.807, 2.05) is 0 Å². The van der Waals surface area contributed by atoms with Crippen LogP contribution in [0.4, 0.5) is 4.79 Å². The molecule has 0 saturated carbocycles. The monoisotopic (exact) mass is 689 g/mol. The van der Waals surface area contributed by atoms with Crippen LogP contribution >= 0.6 is 46.6 Å². The van der Waals surface area contributed by atoms with E-state index in [-0.39, 0.29) is 37.9 Å². The van der Waals surface area contributed by atoms with Crippen molar-refractivity contribution in [1.82, 2.24) is 15.5 Å². The predicted octanol–water partition coefficient (Wildman–Crippen LogP) is 1.58. The number of hydrogen-bond donors (Lipinski definition) is 4. The van der Waals surface area contributed by atoms with Crippen LogP contribution in [0.2, 0.25) is 0 Å². The maximum atomic E-state index is 13.3. The fraction of sp³-hybridized carbons (Fsp3) is 0.625. The quantitative estimate of drug-likeness (QED) is 0.0632. The third kappa shape index (κ3) is 9.11. The van der Waals surface area contributed by atoms with Gasteiger partial charge in [0.05, 0.1) is 6.61 Å². The van der Waals surface area contributed by atoms with E-state index in [2.05, 4.69) is 15.4 Å². The van der Waals surface area contributed by atoms with Crippen molar-refractivity contribution >= 4 is 88.2 Å². The molecule has 0 aromatic heterocycles. The van der Waals surface area contributed by atoms with E-state index in [1.165, 1.54) is 12.3 Å². The molecular weight excluding hydrogens is 661 g/mol. The van der Waals surface area contributed by atoms with Crippen molar-refractivity contribution in [3.63, 3.8) is 0 Å². The number of carbonyl (C=O) groups is 7. The summed E-state index contributed by atoms with van der Waals surface area (Å²) in [6, 6.07) is -2.99. The number of fused-ring (bicyclic) bond motifs is 1. The van der Waals surface area contributed by atoms with Crippen LogP contribution < -0.4 is 10.6 Å². The SMILES string of the molecule is CCOC(=O)C(CC1=CS[C@@H]2N(C(=O)[C@]2(NC(=O)CCCC(NC(=O)OCC(Cl)(Cl)Cl)C(=O)O)OC)C1C(=O)O)C(C)=O. The molecule has 4 N–H and O–H groups in total. The number of esters is 1. The zero-order valence-electron chi connectivity index (χ0n) is 23.1. The number of carboxylic acid groups (broad SMARTS) is 2. The predicted molar refractivity (Wildman–Crippen MR) is 151 cm³/mol. The van der Waals surface area contributed by atoms with Crippen LogP contribution in [0.1, 0.15) is 39.5 Å². The average Bonchev–Trinajstić information content (AvgIpc) is 2.91. The van der Waals surface area contributed by atoms with Crippen LogP contribution in [0.25, 0.3) is 0 Å². The minimum Gasteiger partial charge on any atom is -0.480 e. The van der Waals surface area contributed by atoms with Crippen LogP contribution in [0.5, 0.6) is 0 Å². The fourth-order valence-corrected chi connectivity index (χ4v) is 5.82. The van der Waals surface area contributed by atoms with E-state index in [1.54, 1.807) is 6.92 Å². The second kappa shape index (κ2) is 15.3. The van der Waals surface area contributed by atoms with E-state index in [9.17, 15) is 43.8 Å². The number of ketones is 1. The lowest BCUT2D eigenvalue weighted by Gasteiger charge is -2.57. The summed E-state index contributed by atoms with van der Waals surface area (Å²) < 4.78 is 13.0. The molecule has 0 aromatic carbocycles. The van der Waals surface area contributed by atoms with E-state index >= 15 is 0 Å². The number of alkyl halides is 3. The number of Topliss-reactive ketones (excluding diaryl/α,β-unsaturated/α-hetero) is 1. The molecule has 0 radical (unpaired) electrons. The summed E-state index contributed by atoms with van der Waals surface area (Å²) in [6.45, 7) is 2.11. The molecule has 240 valence electrons. The molecule has 3 unspecified atom stereocenters. The first-order valence-electron chi connectivity index (χ1n) is 12.6. The minimum absolute atomic E-state index is 0.0137. The maximum absolute atomic E-state index is 13.3. The second-order valence-electron chi connectivity index (χ2n) is 9.36. The zero-order chi connectivity index (χ0) is 32.7. The van der Waals surface area contributed by atoms with Gasteiger partial charge in [-0.25, -0.2) is 14.4 Å². The Kier molecular flexibility index (Phi) is 12.9. The molecule has 2 heterocycles. The minimum atomic E-state index is -1.94. The van der Waals surface area contributed by atoms with E-state index in [4.69, 9.17) is 44.3 Å². The van der Waals surface area contributed by atoms with Gasteiger partial charge in [-0.15, -0.1) is 11.8 Å². The van der Waals surface area contributed by atoms with Crippen LogP contribution in [0.3, 0.4) is 0 Å². The Labute approximate surface area is 264 Å². The summed E-state index contributed by atoms with van der Waals surface area (Å²) in [5, 5.41) is 24.2. The molecular formula is C24H30Cl3N3O12S. The standard InChI is InChI=1S/C24H30Cl3N3O12S/c1-4-41-19(37)13(11(2)31)8-12-9-43-21-24(40-3,20(38)30(21)16(12)18(35)36)29-15(32)7-5-6-14(17(33)34)28-22(39)42-10-23(25,26)27/h9,13-14,16,21H,4-8,10H2,1-3H3,(H,28,39)(H,29,32)(H,33,34)(H,35,36)/t13?,14?,16?,21-,24-/m0/s1. The molecule has 1 saturated heterocycles. The number of hydrogen-bond acceptors (Lipinski definition) is 11. The van der Waals surface area contributed by atoms with Crippen molar-refractivity contribution in [3.05, 3.63) is 11.0 Å². The first-order chi connectivity index (χ1) is 20.0. The van der Waals surface area contributed by atoms with Crippen molar-refractivity contribution < 1.29 is 58.0 Å². The highest BCUT2D eigenvalue weighted by Crippen LogP contribution is 2.47. The molecule has 43 heavy (non-hydrogen) atoms. The topological polar surface area (TPSA) is 215 Å². The lowest BCUT2D eigenvalue weighted by Crippen LogP contribution is -2.82. The molecule has 0 bridgehead atoms. The third-order valence-electron chi connectivity index (χ3n) is 6.37. The van der Waals surface area contributed by atoms with Crippen molar-refractivity contribution in [1.29, 1.82) is 0 Å². The van der Waals surface area contributed by atoms with Gasteiger partial charge < -0.3 is 40.0 Å². The van der Waals surface area contributed by atoms with Gasteiger partial charge in [-0.05, 0) is 44.1 Å². The number of carboxylic acids is 2. The summed E-state index contributed by atoms with van der Waals surface area (Å²) >= 11 is 17.4. The van der Waals surface area contributed by atoms with Gasteiger partial charge in [-0.3, -0.25) is 19.2 Å². The summed E-state index contributed by atoms with van der Waals surface area (Å²) in [7, 11) is 1.14. The van der Waals surface area contributed by atoms with Crippen molar-refractivity contribution in [2.75, 3.05) is 20.3 Å². The number of aliphatic carboxylic acids is 2. The van der Waals surface area contributed by atoms with Gasteiger partial charge in [-0.1, -0.05) is 34.8 Å². The Balaban J connectivity index is 2.08. The van der Waals surface area contributed by atoms with Gasteiger partial charge >= 0.3 is 24.0 Å². The first kappa shape index (κ1) is 36.4. The number of halogens is 3.